The first kappa shape index (κ1) is 21.7. The molecule has 0 amide bonds. The van der Waals surface area contributed by atoms with Crippen molar-refractivity contribution in [3.05, 3.63) is 101 Å². The number of fused-ring (bicyclic) bond motifs is 2. The van der Waals surface area contributed by atoms with Gasteiger partial charge in [0.15, 0.2) is 0 Å². The number of benzene rings is 1. The summed E-state index contributed by atoms with van der Waals surface area (Å²) < 4.78 is 17.8. The summed E-state index contributed by atoms with van der Waals surface area (Å²) in [4.78, 5) is 22.3. The molecule has 1 aliphatic rings. The molecule has 6 rings (SSSR count). The van der Waals surface area contributed by atoms with E-state index in [9.17, 15) is 9.18 Å². The van der Waals surface area contributed by atoms with E-state index in [1.807, 2.05) is 71.5 Å². The SMILES string of the molecule is O=c1c2cncc(-c3ccccc3)c2ccn1Cc1cn2cc(CNCC3(F)CCC3)ccc2n1. The van der Waals surface area contributed by atoms with Crippen LogP contribution < -0.4 is 10.9 Å². The second-order valence-electron chi connectivity index (χ2n) is 9.41. The van der Waals surface area contributed by atoms with Gasteiger partial charge in [-0.3, -0.25) is 9.78 Å². The third-order valence-electron chi connectivity index (χ3n) is 6.90. The third-order valence-corrected chi connectivity index (χ3v) is 6.90. The fourth-order valence-electron chi connectivity index (χ4n) is 4.79. The highest BCUT2D eigenvalue weighted by molar-refractivity contribution is 5.95. The molecule has 1 fully saturated rings. The van der Waals surface area contributed by atoms with Gasteiger partial charge >= 0.3 is 0 Å². The number of aromatic nitrogens is 4. The second kappa shape index (κ2) is 8.74. The van der Waals surface area contributed by atoms with Gasteiger partial charge in [-0.25, -0.2) is 9.37 Å². The van der Waals surface area contributed by atoms with Crippen molar-refractivity contribution in [2.75, 3.05) is 6.54 Å². The summed E-state index contributed by atoms with van der Waals surface area (Å²) in [5.74, 6) is 0. The second-order valence-corrected chi connectivity index (χ2v) is 9.41. The van der Waals surface area contributed by atoms with Crippen molar-refractivity contribution in [3.8, 4) is 11.1 Å². The van der Waals surface area contributed by atoms with E-state index in [-0.39, 0.29) is 5.56 Å². The lowest BCUT2D eigenvalue weighted by Crippen LogP contribution is -2.42. The normalized spacial score (nSPS) is 14.9. The molecule has 0 spiro atoms. The summed E-state index contributed by atoms with van der Waals surface area (Å²) >= 11 is 0. The minimum atomic E-state index is -1.03. The van der Waals surface area contributed by atoms with Crippen LogP contribution in [0.5, 0.6) is 0 Å². The molecule has 6 nitrogen and oxygen atoms in total. The van der Waals surface area contributed by atoms with Gasteiger partial charge < -0.3 is 14.3 Å². The minimum Gasteiger partial charge on any atom is -0.309 e. The van der Waals surface area contributed by atoms with E-state index in [0.717, 1.165) is 39.8 Å². The van der Waals surface area contributed by atoms with Crippen molar-refractivity contribution in [2.24, 2.45) is 0 Å². The molecule has 1 aliphatic carbocycles. The fraction of sp³-hybridized carbons (Fsp3) is 0.250. The summed E-state index contributed by atoms with van der Waals surface area (Å²) in [6.07, 6.45) is 11.5. The molecule has 4 heterocycles. The highest BCUT2D eigenvalue weighted by Gasteiger charge is 2.36. The molecule has 176 valence electrons. The first-order chi connectivity index (χ1) is 17.1. The standard InChI is InChI=1S/C28H26FN5O/c29-28(10-4-11-28)19-31-13-20-7-8-26-32-22(18-34(26)16-20)17-33-12-9-23-24(21-5-2-1-3-6-21)14-30-15-25(23)27(33)35/h1-3,5-9,12,14-16,18,31H,4,10-11,13,17,19H2. The van der Waals surface area contributed by atoms with Gasteiger partial charge in [-0.15, -0.1) is 0 Å². The average molecular weight is 468 g/mol. The van der Waals surface area contributed by atoms with Gasteiger partial charge in [0.25, 0.3) is 5.56 Å². The molecule has 0 unspecified atom stereocenters. The lowest BCUT2D eigenvalue weighted by molar-refractivity contribution is 0.0630. The number of nitrogens with one attached hydrogen (secondary N) is 1. The van der Waals surface area contributed by atoms with E-state index in [1.54, 1.807) is 17.0 Å². The third kappa shape index (κ3) is 4.23. The summed E-state index contributed by atoms with van der Waals surface area (Å²) in [6, 6.07) is 15.9. The predicted octanol–water partition coefficient (Wildman–Crippen LogP) is 4.74. The number of rotatable bonds is 7. The Hall–Kier alpha value is -3.84. The highest BCUT2D eigenvalue weighted by atomic mass is 19.1. The smallest absolute Gasteiger partial charge is 0.260 e. The van der Waals surface area contributed by atoms with Crippen LogP contribution in [0.4, 0.5) is 4.39 Å². The molecule has 1 N–H and O–H groups in total. The molecule has 1 saturated carbocycles. The molecular weight excluding hydrogens is 441 g/mol. The molecule has 0 atom stereocenters. The van der Waals surface area contributed by atoms with Crippen LogP contribution in [0, 0.1) is 0 Å². The van der Waals surface area contributed by atoms with Gasteiger partial charge in [0.1, 0.15) is 11.3 Å². The maximum absolute atomic E-state index is 14.2. The molecule has 5 aromatic rings. The van der Waals surface area contributed by atoms with E-state index in [4.69, 9.17) is 0 Å². The van der Waals surface area contributed by atoms with Crippen molar-refractivity contribution in [1.29, 1.82) is 0 Å². The Morgan fingerprint density at radius 2 is 1.86 bits per heavy atom. The molecule has 0 radical (unpaired) electrons. The Morgan fingerprint density at radius 3 is 2.66 bits per heavy atom. The summed E-state index contributed by atoms with van der Waals surface area (Å²) in [5, 5.41) is 4.71. The molecular formula is C28H26FN5O. The lowest BCUT2D eigenvalue weighted by Gasteiger charge is -2.33. The maximum atomic E-state index is 14.2. The van der Waals surface area contributed by atoms with Gasteiger partial charge in [0.05, 0.1) is 17.6 Å². The van der Waals surface area contributed by atoms with Crippen LogP contribution >= 0.6 is 0 Å². The average Bonchev–Trinajstić information content (AvgIpc) is 3.27. The lowest BCUT2D eigenvalue weighted by atomic mass is 9.82. The van der Waals surface area contributed by atoms with Crippen LogP contribution in [0.1, 0.15) is 30.5 Å². The number of pyridine rings is 3. The van der Waals surface area contributed by atoms with E-state index in [0.29, 0.717) is 37.9 Å². The van der Waals surface area contributed by atoms with Crippen molar-refractivity contribution >= 4 is 16.4 Å². The first-order valence-corrected chi connectivity index (χ1v) is 12.0. The van der Waals surface area contributed by atoms with Crippen molar-refractivity contribution in [2.45, 2.75) is 38.0 Å². The van der Waals surface area contributed by atoms with Crippen LogP contribution in [-0.2, 0) is 13.1 Å². The largest absolute Gasteiger partial charge is 0.309 e. The zero-order chi connectivity index (χ0) is 23.8. The van der Waals surface area contributed by atoms with E-state index < -0.39 is 5.67 Å². The molecule has 0 aliphatic heterocycles. The van der Waals surface area contributed by atoms with Crippen molar-refractivity contribution in [1.82, 2.24) is 24.3 Å². The number of nitrogens with zero attached hydrogens (tertiary/aromatic N) is 4. The Morgan fingerprint density at radius 1 is 1.00 bits per heavy atom. The topological polar surface area (TPSA) is 64.2 Å². The van der Waals surface area contributed by atoms with Gasteiger partial charge in [-0.1, -0.05) is 36.4 Å². The Kier molecular flexibility index (Phi) is 5.41. The number of hydrogen-bond donors (Lipinski definition) is 1. The fourth-order valence-corrected chi connectivity index (χ4v) is 4.79. The zero-order valence-electron chi connectivity index (χ0n) is 19.3. The minimum absolute atomic E-state index is 0.0918. The van der Waals surface area contributed by atoms with Crippen LogP contribution in [0.25, 0.3) is 27.5 Å². The van der Waals surface area contributed by atoms with Crippen LogP contribution in [-0.4, -0.2) is 31.1 Å². The van der Waals surface area contributed by atoms with Gasteiger partial charge in [0.2, 0.25) is 0 Å². The monoisotopic (exact) mass is 467 g/mol. The van der Waals surface area contributed by atoms with Gasteiger partial charge in [-0.2, -0.15) is 0 Å². The van der Waals surface area contributed by atoms with Gasteiger partial charge in [-0.05, 0) is 47.9 Å². The van der Waals surface area contributed by atoms with Crippen molar-refractivity contribution < 1.29 is 4.39 Å². The van der Waals surface area contributed by atoms with Crippen LogP contribution in [0.15, 0.2) is 84.3 Å². The van der Waals surface area contributed by atoms with Crippen LogP contribution in [0.2, 0.25) is 0 Å². The number of imidazole rings is 1. The molecule has 4 aromatic heterocycles. The molecule has 7 heteroatoms. The quantitative estimate of drug-likeness (QED) is 0.376. The summed E-state index contributed by atoms with van der Waals surface area (Å²) in [5.41, 5.74) is 3.52. The van der Waals surface area contributed by atoms with Gasteiger partial charge in [0, 0.05) is 49.6 Å². The number of halogens is 1. The zero-order valence-corrected chi connectivity index (χ0v) is 19.3. The Bertz CT molecular complexity index is 1570. The maximum Gasteiger partial charge on any atom is 0.260 e. The summed E-state index contributed by atoms with van der Waals surface area (Å²) in [6.45, 7) is 1.37. The van der Waals surface area contributed by atoms with E-state index in [2.05, 4.69) is 15.3 Å². The molecule has 0 saturated heterocycles. The number of alkyl halides is 1. The Labute approximate surface area is 202 Å². The predicted molar refractivity (Wildman–Crippen MR) is 135 cm³/mol. The van der Waals surface area contributed by atoms with Crippen LogP contribution in [0.3, 0.4) is 0 Å². The van der Waals surface area contributed by atoms with E-state index >= 15 is 0 Å². The highest BCUT2D eigenvalue weighted by Crippen LogP contribution is 2.35. The number of hydrogen-bond acceptors (Lipinski definition) is 4. The van der Waals surface area contributed by atoms with E-state index in [1.165, 1.54) is 0 Å². The molecule has 0 bridgehead atoms. The Balaban J connectivity index is 1.24. The first-order valence-electron chi connectivity index (χ1n) is 12.0. The summed E-state index contributed by atoms with van der Waals surface area (Å²) in [7, 11) is 0. The van der Waals surface area contributed by atoms with Crippen molar-refractivity contribution in [3.63, 3.8) is 0 Å². The molecule has 1 aromatic carbocycles. The molecule has 35 heavy (non-hydrogen) atoms.